The molecule has 1 aliphatic heterocycles. The molecule has 2 rings (SSSR count). The van der Waals surface area contributed by atoms with Crippen molar-refractivity contribution in [2.75, 3.05) is 31.9 Å². The fourth-order valence-corrected chi connectivity index (χ4v) is 2.45. The molecule has 0 spiro atoms. The number of carbonyl (C=O) groups excluding carboxylic acids is 1. The van der Waals surface area contributed by atoms with Crippen LogP contribution in [-0.2, 0) is 0 Å². The molecule has 1 fully saturated rings. The summed E-state index contributed by atoms with van der Waals surface area (Å²) in [6, 6.07) is 3.90. The zero-order valence-corrected chi connectivity index (χ0v) is 11.2. The van der Waals surface area contributed by atoms with Crippen molar-refractivity contribution >= 4 is 11.6 Å². The molecule has 104 valence electrons. The van der Waals surface area contributed by atoms with Crippen molar-refractivity contribution in [3.63, 3.8) is 0 Å². The third-order valence-corrected chi connectivity index (χ3v) is 3.55. The van der Waals surface area contributed by atoms with Crippen molar-refractivity contribution in [1.29, 1.82) is 0 Å². The largest absolute Gasteiger partial charge is 0.399 e. The second kappa shape index (κ2) is 6.02. The van der Waals surface area contributed by atoms with Gasteiger partial charge in [0.2, 0.25) is 0 Å². The number of hydrogen-bond donors (Lipinski definition) is 2. The molecule has 1 aliphatic rings. The van der Waals surface area contributed by atoms with Gasteiger partial charge in [-0.15, -0.1) is 0 Å². The molecule has 0 bridgehead atoms. The average molecular weight is 265 g/mol. The van der Waals surface area contributed by atoms with E-state index in [0.29, 0.717) is 12.5 Å². The fourth-order valence-electron chi connectivity index (χ4n) is 2.45. The minimum Gasteiger partial charge on any atom is -0.399 e. The van der Waals surface area contributed by atoms with Gasteiger partial charge in [-0.05, 0) is 43.6 Å². The Labute approximate surface area is 112 Å². The number of benzene rings is 1. The maximum absolute atomic E-state index is 13.2. The van der Waals surface area contributed by atoms with E-state index in [2.05, 4.69) is 17.1 Å². The SMILES string of the molecule is CCN1CCC(CNC(=O)c2cc(N)cc(F)c2)C1. The van der Waals surface area contributed by atoms with Crippen LogP contribution in [0.15, 0.2) is 18.2 Å². The molecular weight excluding hydrogens is 245 g/mol. The van der Waals surface area contributed by atoms with E-state index in [1.165, 1.54) is 18.2 Å². The van der Waals surface area contributed by atoms with Crippen LogP contribution in [-0.4, -0.2) is 37.0 Å². The zero-order valence-electron chi connectivity index (χ0n) is 11.2. The van der Waals surface area contributed by atoms with Crippen LogP contribution in [0.25, 0.3) is 0 Å². The van der Waals surface area contributed by atoms with Crippen LogP contribution in [0.5, 0.6) is 0 Å². The molecule has 1 saturated heterocycles. The van der Waals surface area contributed by atoms with Crippen molar-refractivity contribution in [2.45, 2.75) is 13.3 Å². The highest BCUT2D eigenvalue weighted by Crippen LogP contribution is 2.15. The van der Waals surface area contributed by atoms with Gasteiger partial charge < -0.3 is 16.0 Å². The molecule has 0 radical (unpaired) electrons. The molecule has 4 nitrogen and oxygen atoms in total. The predicted octanol–water partition coefficient (Wildman–Crippen LogP) is 1.48. The molecule has 0 saturated carbocycles. The number of anilines is 1. The van der Waals surface area contributed by atoms with Crippen molar-refractivity contribution in [3.8, 4) is 0 Å². The first-order valence-electron chi connectivity index (χ1n) is 6.65. The first-order valence-corrected chi connectivity index (χ1v) is 6.65. The van der Waals surface area contributed by atoms with Crippen LogP contribution < -0.4 is 11.1 Å². The number of hydrogen-bond acceptors (Lipinski definition) is 3. The molecule has 0 aliphatic carbocycles. The van der Waals surface area contributed by atoms with Gasteiger partial charge in [0, 0.05) is 24.3 Å². The van der Waals surface area contributed by atoms with Crippen LogP contribution in [0.1, 0.15) is 23.7 Å². The van der Waals surface area contributed by atoms with Crippen molar-refractivity contribution < 1.29 is 9.18 Å². The molecule has 1 aromatic carbocycles. The number of rotatable bonds is 4. The van der Waals surface area contributed by atoms with Crippen LogP contribution in [0.4, 0.5) is 10.1 Å². The Balaban J connectivity index is 1.87. The summed E-state index contributed by atoms with van der Waals surface area (Å²) < 4.78 is 13.2. The Bertz CT molecular complexity index is 444. The number of likely N-dealkylation sites (tertiary alicyclic amines) is 1. The molecule has 19 heavy (non-hydrogen) atoms. The summed E-state index contributed by atoms with van der Waals surface area (Å²) in [6.07, 6.45) is 1.10. The van der Waals surface area contributed by atoms with E-state index >= 15 is 0 Å². The van der Waals surface area contributed by atoms with Crippen LogP contribution in [0, 0.1) is 11.7 Å². The minimum absolute atomic E-state index is 0.263. The van der Waals surface area contributed by atoms with Gasteiger partial charge in [-0.2, -0.15) is 0 Å². The Morgan fingerprint density at radius 1 is 1.53 bits per heavy atom. The third kappa shape index (κ3) is 3.67. The fraction of sp³-hybridized carbons (Fsp3) is 0.500. The predicted molar refractivity (Wildman–Crippen MR) is 73.4 cm³/mol. The molecule has 3 N–H and O–H groups in total. The average Bonchev–Trinajstić information content (AvgIpc) is 2.82. The first-order chi connectivity index (χ1) is 9.08. The molecule has 0 aromatic heterocycles. The first kappa shape index (κ1) is 13.8. The molecular formula is C14H20FN3O. The van der Waals surface area contributed by atoms with Gasteiger partial charge in [-0.25, -0.2) is 4.39 Å². The van der Waals surface area contributed by atoms with Gasteiger partial charge >= 0.3 is 0 Å². The van der Waals surface area contributed by atoms with Crippen molar-refractivity contribution in [2.24, 2.45) is 5.92 Å². The number of nitrogen functional groups attached to an aromatic ring is 1. The quantitative estimate of drug-likeness (QED) is 0.811. The number of carbonyl (C=O) groups is 1. The molecule has 1 heterocycles. The van der Waals surface area contributed by atoms with E-state index in [9.17, 15) is 9.18 Å². The normalized spacial score (nSPS) is 19.6. The lowest BCUT2D eigenvalue weighted by Crippen LogP contribution is -2.31. The number of nitrogens with two attached hydrogens (primary N) is 1. The van der Waals surface area contributed by atoms with E-state index in [0.717, 1.165) is 26.1 Å². The summed E-state index contributed by atoms with van der Waals surface area (Å²) in [4.78, 5) is 14.3. The maximum Gasteiger partial charge on any atom is 0.251 e. The zero-order chi connectivity index (χ0) is 13.8. The molecule has 1 unspecified atom stereocenters. The lowest BCUT2D eigenvalue weighted by atomic mass is 10.1. The van der Waals surface area contributed by atoms with Gasteiger partial charge in [-0.3, -0.25) is 4.79 Å². The van der Waals surface area contributed by atoms with Gasteiger partial charge in [-0.1, -0.05) is 6.92 Å². The van der Waals surface area contributed by atoms with E-state index in [1.54, 1.807) is 0 Å². The number of halogens is 1. The van der Waals surface area contributed by atoms with Gasteiger partial charge in [0.25, 0.3) is 5.91 Å². The summed E-state index contributed by atoms with van der Waals surface area (Å²) in [6.45, 7) is 5.92. The lowest BCUT2D eigenvalue weighted by Gasteiger charge is -2.14. The summed E-state index contributed by atoms with van der Waals surface area (Å²) >= 11 is 0. The molecule has 1 aromatic rings. The van der Waals surface area contributed by atoms with E-state index in [4.69, 9.17) is 5.73 Å². The molecule has 1 amide bonds. The topological polar surface area (TPSA) is 58.4 Å². The summed E-state index contributed by atoms with van der Waals surface area (Å²) in [5.74, 6) is -0.265. The van der Waals surface area contributed by atoms with Gasteiger partial charge in [0.05, 0.1) is 0 Å². The Morgan fingerprint density at radius 2 is 2.32 bits per heavy atom. The van der Waals surface area contributed by atoms with Crippen LogP contribution in [0.3, 0.4) is 0 Å². The molecule has 1 atom stereocenters. The Kier molecular flexibility index (Phi) is 4.37. The Hall–Kier alpha value is -1.62. The lowest BCUT2D eigenvalue weighted by molar-refractivity contribution is 0.0947. The molecule has 5 heteroatoms. The summed E-state index contributed by atoms with van der Waals surface area (Å²) in [5.41, 5.74) is 6.07. The van der Waals surface area contributed by atoms with E-state index < -0.39 is 5.82 Å². The van der Waals surface area contributed by atoms with Crippen LogP contribution in [0.2, 0.25) is 0 Å². The number of nitrogens with one attached hydrogen (secondary N) is 1. The minimum atomic E-state index is -0.483. The highest BCUT2D eigenvalue weighted by atomic mass is 19.1. The second-order valence-corrected chi connectivity index (χ2v) is 5.03. The van der Waals surface area contributed by atoms with E-state index in [1.807, 2.05) is 0 Å². The highest BCUT2D eigenvalue weighted by molar-refractivity contribution is 5.95. The summed E-state index contributed by atoms with van der Waals surface area (Å²) in [5, 5.41) is 2.85. The number of nitrogens with zero attached hydrogens (tertiary/aromatic N) is 1. The third-order valence-electron chi connectivity index (χ3n) is 3.55. The Morgan fingerprint density at radius 3 is 2.95 bits per heavy atom. The second-order valence-electron chi connectivity index (χ2n) is 5.03. The summed E-state index contributed by atoms with van der Waals surface area (Å²) in [7, 11) is 0. The smallest absolute Gasteiger partial charge is 0.251 e. The van der Waals surface area contributed by atoms with Gasteiger partial charge in [0.1, 0.15) is 5.82 Å². The van der Waals surface area contributed by atoms with E-state index in [-0.39, 0.29) is 17.2 Å². The highest BCUT2D eigenvalue weighted by Gasteiger charge is 2.21. The van der Waals surface area contributed by atoms with Crippen molar-refractivity contribution in [1.82, 2.24) is 10.2 Å². The van der Waals surface area contributed by atoms with Crippen LogP contribution >= 0.6 is 0 Å². The van der Waals surface area contributed by atoms with Gasteiger partial charge in [0.15, 0.2) is 0 Å². The maximum atomic E-state index is 13.2. The van der Waals surface area contributed by atoms with Crippen molar-refractivity contribution in [3.05, 3.63) is 29.6 Å². The monoisotopic (exact) mass is 265 g/mol. The number of amides is 1. The standard InChI is InChI=1S/C14H20FN3O/c1-2-18-4-3-10(9-18)8-17-14(19)11-5-12(15)7-13(16)6-11/h5-7,10H,2-4,8-9,16H2,1H3,(H,17,19).